The zero-order valence-corrected chi connectivity index (χ0v) is 11.6. The Labute approximate surface area is 117 Å². The van der Waals surface area contributed by atoms with E-state index < -0.39 is 0 Å². The van der Waals surface area contributed by atoms with Gasteiger partial charge in [0.2, 0.25) is 0 Å². The standard InChI is InChI=1S/C14H17N5O/c1-9(13-18-16-8-19(13)2)17-14(20)11-4-3-10-5-6-15-12(10)7-11/h3-4,7-9,15H,5-6H2,1-2H3,(H,17,20). The minimum Gasteiger partial charge on any atom is -0.384 e. The zero-order valence-electron chi connectivity index (χ0n) is 11.6. The lowest BCUT2D eigenvalue weighted by molar-refractivity contribution is 0.0938. The summed E-state index contributed by atoms with van der Waals surface area (Å²) in [5, 5.41) is 14.0. The summed E-state index contributed by atoms with van der Waals surface area (Å²) in [6, 6.07) is 5.60. The highest BCUT2D eigenvalue weighted by molar-refractivity contribution is 5.95. The van der Waals surface area contributed by atoms with Crippen molar-refractivity contribution < 1.29 is 4.79 Å². The molecule has 1 unspecified atom stereocenters. The molecule has 20 heavy (non-hydrogen) atoms. The number of amides is 1. The van der Waals surface area contributed by atoms with Gasteiger partial charge in [-0.1, -0.05) is 6.07 Å². The number of aryl methyl sites for hydroxylation is 1. The van der Waals surface area contributed by atoms with Crippen LogP contribution in [0.25, 0.3) is 0 Å². The van der Waals surface area contributed by atoms with Crippen molar-refractivity contribution in [3.63, 3.8) is 0 Å². The summed E-state index contributed by atoms with van der Waals surface area (Å²) in [5.74, 6) is 0.634. The van der Waals surface area contributed by atoms with Crippen molar-refractivity contribution in [1.82, 2.24) is 20.1 Å². The number of aromatic nitrogens is 3. The Morgan fingerprint density at radius 1 is 1.50 bits per heavy atom. The SMILES string of the molecule is CC(NC(=O)c1ccc2c(c1)NCC2)c1nncn1C. The van der Waals surface area contributed by atoms with Crippen molar-refractivity contribution in [2.45, 2.75) is 19.4 Å². The molecule has 6 heteroatoms. The summed E-state index contributed by atoms with van der Waals surface area (Å²) >= 11 is 0. The second-order valence-corrected chi connectivity index (χ2v) is 5.04. The van der Waals surface area contributed by atoms with Crippen LogP contribution < -0.4 is 10.6 Å². The first kappa shape index (κ1) is 12.7. The first-order chi connectivity index (χ1) is 9.65. The molecule has 104 valence electrons. The summed E-state index contributed by atoms with van der Waals surface area (Å²) < 4.78 is 1.80. The van der Waals surface area contributed by atoms with E-state index >= 15 is 0 Å². The molecule has 0 bridgehead atoms. The van der Waals surface area contributed by atoms with Crippen molar-refractivity contribution in [2.24, 2.45) is 7.05 Å². The maximum Gasteiger partial charge on any atom is 0.251 e. The molecular formula is C14H17N5O. The number of hydrogen-bond acceptors (Lipinski definition) is 4. The molecule has 2 N–H and O–H groups in total. The molecule has 0 radical (unpaired) electrons. The highest BCUT2D eigenvalue weighted by Crippen LogP contribution is 2.23. The number of nitrogens with one attached hydrogen (secondary N) is 2. The average Bonchev–Trinajstić information content (AvgIpc) is 3.05. The Morgan fingerprint density at radius 3 is 3.10 bits per heavy atom. The largest absolute Gasteiger partial charge is 0.384 e. The molecule has 1 aliphatic rings. The first-order valence-corrected chi connectivity index (χ1v) is 6.66. The molecule has 0 spiro atoms. The lowest BCUT2D eigenvalue weighted by Crippen LogP contribution is -2.28. The van der Waals surface area contributed by atoms with Gasteiger partial charge in [-0.3, -0.25) is 4.79 Å². The average molecular weight is 271 g/mol. The van der Waals surface area contributed by atoms with E-state index in [2.05, 4.69) is 20.8 Å². The second kappa shape index (κ2) is 4.96. The Hall–Kier alpha value is -2.37. The van der Waals surface area contributed by atoms with Crippen LogP contribution in [0.5, 0.6) is 0 Å². The number of rotatable bonds is 3. The van der Waals surface area contributed by atoms with Crippen LogP contribution >= 0.6 is 0 Å². The van der Waals surface area contributed by atoms with Crippen LogP contribution in [0.1, 0.15) is 34.7 Å². The summed E-state index contributed by atoms with van der Waals surface area (Å²) in [6.07, 6.45) is 2.64. The number of carbonyl (C=O) groups is 1. The van der Waals surface area contributed by atoms with Crippen molar-refractivity contribution in [3.05, 3.63) is 41.5 Å². The van der Waals surface area contributed by atoms with E-state index in [1.807, 2.05) is 32.2 Å². The molecule has 2 heterocycles. The number of benzene rings is 1. The van der Waals surface area contributed by atoms with E-state index in [0.29, 0.717) is 5.56 Å². The van der Waals surface area contributed by atoms with Crippen molar-refractivity contribution in [1.29, 1.82) is 0 Å². The maximum absolute atomic E-state index is 12.3. The van der Waals surface area contributed by atoms with Crippen molar-refractivity contribution in [3.8, 4) is 0 Å². The van der Waals surface area contributed by atoms with Gasteiger partial charge in [0.05, 0.1) is 6.04 Å². The third-order valence-electron chi connectivity index (χ3n) is 3.56. The number of carbonyl (C=O) groups excluding carboxylic acids is 1. The van der Waals surface area contributed by atoms with Crippen LogP contribution in [0.3, 0.4) is 0 Å². The molecule has 1 aromatic carbocycles. The van der Waals surface area contributed by atoms with Crippen LogP contribution in [-0.4, -0.2) is 27.2 Å². The topological polar surface area (TPSA) is 71.8 Å². The molecule has 0 fully saturated rings. The smallest absolute Gasteiger partial charge is 0.251 e. The van der Waals surface area contributed by atoms with E-state index in [1.165, 1.54) is 5.56 Å². The van der Waals surface area contributed by atoms with Gasteiger partial charge in [0.15, 0.2) is 5.82 Å². The minimum absolute atomic E-state index is 0.1000. The molecule has 1 aromatic heterocycles. The first-order valence-electron chi connectivity index (χ1n) is 6.66. The van der Waals surface area contributed by atoms with Gasteiger partial charge in [-0.05, 0) is 31.0 Å². The summed E-state index contributed by atoms with van der Waals surface area (Å²) in [5.41, 5.74) is 2.99. The minimum atomic E-state index is -0.184. The highest BCUT2D eigenvalue weighted by atomic mass is 16.1. The Morgan fingerprint density at radius 2 is 2.35 bits per heavy atom. The predicted octanol–water partition coefficient (Wildman–Crippen LogP) is 1.27. The zero-order chi connectivity index (χ0) is 14.1. The maximum atomic E-state index is 12.3. The van der Waals surface area contributed by atoms with Gasteiger partial charge in [0.1, 0.15) is 6.33 Å². The summed E-state index contributed by atoms with van der Waals surface area (Å²) in [6.45, 7) is 2.84. The number of hydrogen-bond donors (Lipinski definition) is 2. The van der Waals surface area contributed by atoms with E-state index in [0.717, 1.165) is 24.5 Å². The number of nitrogens with zero attached hydrogens (tertiary/aromatic N) is 3. The number of fused-ring (bicyclic) bond motifs is 1. The molecular weight excluding hydrogens is 254 g/mol. The van der Waals surface area contributed by atoms with Crippen molar-refractivity contribution in [2.75, 3.05) is 11.9 Å². The van der Waals surface area contributed by atoms with E-state index in [1.54, 1.807) is 10.9 Å². The van der Waals surface area contributed by atoms with Gasteiger partial charge < -0.3 is 15.2 Å². The van der Waals surface area contributed by atoms with E-state index in [4.69, 9.17) is 0 Å². The van der Waals surface area contributed by atoms with E-state index in [9.17, 15) is 4.79 Å². The fourth-order valence-corrected chi connectivity index (χ4v) is 2.46. The second-order valence-electron chi connectivity index (χ2n) is 5.04. The van der Waals surface area contributed by atoms with Crippen LogP contribution in [0.2, 0.25) is 0 Å². The fraction of sp³-hybridized carbons (Fsp3) is 0.357. The van der Waals surface area contributed by atoms with Crippen LogP contribution in [0.15, 0.2) is 24.5 Å². The van der Waals surface area contributed by atoms with Crippen LogP contribution in [-0.2, 0) is 13.5 Å². The predicted molar refractivity (Wildman–Crippen MR) is 75.5 cm³/mol. The van der Waals surface area contributed by atoms with Gasteiger partial charge >= 0.3 is 0 Å². The molecule has 2 aromatic rings. The normalized spacial score (nSPS) is 14.5. The Bertz CT molecular complexity index is 649. The van der Waals surface area contributed by atoms with Crippen molar-refractivity contribution >= 4 is 11.6 Å². The molecule has 1 atom stereocenters. The Balaban J connectivity index is 1.75. The number of anilines is 1. The monoisotopic (exact) mass is 271 g/mol. The van der Waals surface area contributed by atoms with Gasteiger partial charge in [-0.25, -0.2) is 0 Å². The van der Waals surface area contributed by atoms with E-state index in [-0.39, 0.29) is 11.9 Å². The van der Waals surface area contributed by atoms with Gasteiger partial charge in [-0.15, -0.1) is 10.2 Å². The molecule has 6 nitrogen and oxygen atoms in total. The quantitative estimate of drug-likeness (QED) is 0.882. The molecule has 0 aliphatic carbocycles. The van der Waals surface area contributed by atoms with Gasteiger partial charge in [-0.2, -0.15) is 0 Å². The molecule has 0 saturated heterocycles. The lowest BCUT2D eigenvalue weighted by atomic mass is 10.1. The lowest BCUT2D eigenvalue weighted by Gasteiger charge is -2.13. The van der Waals surface area contributed by atoms with Gasteiger partial charge in [0.25, 0.3) is 5.91 Å². The molecule has 1 amide bonds. The summed E-state index contributed by atoms with van der Waals surface area (Å²) in [4.78, 5) is 12.3. The van der Waals surface area contributed by atoms with Gasteiger partial charge in [0, 0.05) is 24.8 Å². The summed E-state index contributed by atoms with van der Waals surface area (Å²) in [7, 11) is 1.86. The molecule has 1 aliphatic heterocycles. The van der Waals surface area contributed by atoms with Crippen LogP contribution in [0, 0.1) is 0 Å². The fourth-order valence-electron chi connectivity index (χ4n) is 2.46. The third-order valence-corrected chi connectivity index (χ3v) is 3.56. The highest BCUT2D eigenvalue weighted by Gasteiger charge is 2.17. The Kier molecular flexibility index (Phi) is 3.14. The molecule has 3 rings (SSSR count). The molecule has 0 saturated carbocycles. The van der Waals surface area contributed by atoms with Crippen LogP contribution in [0.4, 0.5) is 5.69 Å². The third kappa shape index (κ3) is 2.24.